The fourth-order valence-corrected chi connectivity index (χ4v) is 2.50. The molecule has 0 spiro atoms. The van der Waals surface area contributed by atoms with Crippen LogP contribution in [0.25, 0.3) is 11.4 Å². The number of nitrogens with zero attached hydrogens (tertiary/aromatic N) is 2. The molecule has 3 aromatic rings. The van der Waals surface area contributed by atoms with Crippen molar-refractivity contribution in [2.45, 2.75) is 33.6 Å². The van der Waals surface area contributed by atoms with Gasteiger partial charge in [-0.15, -0.1) is 0 Å². The molecular formula is C20H21N3O2. The van der Waals surface area contributed by atoms with Crippen molar-refractivity contribution in [2.24, 2.45) is 0 Å². The Kier molecular flexibility index (Phi) is 4.93. The summed E-state index contributed by atoms with van der Waals surface area (Å²) in [5.74, 6) is 0.945. The van der Waals surface area contributed by atoms with Crippen LogP contribution in [-0.4, -0.2) is 16.0 Å². The van der Waals surface area contributed by atoms with Crippen LogP contribution in [0.3, 0.4) is 0 Å². The van der Waals surface area contributed by atoms with E-state index in [2.05, 4.69) is 15.5 Å². The lowest BCUT2D eigenvalue weighted by molar-refractivity contribution is -0.116. The van der Waals surface area contributed by atoms with E-state index in [1.54, 1.807) is 0 Å². The number of aryl methyl sites for hydroxylation is 3. The highest BCUT2D eigenvalue weighted by Crippen LogP contribution is 2.19. The average Bonchev–Trinajstić information content (AvgIpc) is 3.07. The molecule has 0 aliphatic carbocycles. The molecule has 1 heterocycles. The topological polar surface area (TPSA) is 68.0 Å². The number of carbonyl (C=O) groups excluding carboxylic acids is 1. The third-order valence-electron chi connectivity index (χ3n) is 4.22. The summed E-state index contributed by atoms with van der Waals surface area (Å²) in [7, 11) is 0. The Morgan fingerprint density at radius 2 is 1.84 bits per heavy atom. The third kappa shape index (κ3) is 4.12. The second kappa shape index (κ2) is 7.30. The number of rotatable bonds is 5. The second-order valence-corrected chi connectivity index (χ2v) is 6.17. The van der Waals surface area contributed by atoms with Crippen LogP contribution in [0.4, 0.5) is 5.69 Å². The summed E-state index contributed by atoms with van der Waals surface area (Å²) < 4.78 is 5.25. The predicted octanol–water partition coefficient (Wildman–Crippen LogP) is 4.23. The molecule has 2 aromatic carbocycles. The summed E-state index contributed by atoms with van der Waals surface area (Å²) in [4.78, 5) is 16.5. The molecule has 5 heteroatoms. The van der Waals surface area contributed by atoms with Gasteiger partial charge in [0, 0.05) is 24.1 Å². The molecule has 0 radical (unpaired) electrons. The van der Waals surface area contributed by atoms with E-state index in [-0.39, 0.29) is 5.91 Å². The second-order valence-electron chi connectivity index (χ2n) is 6.17. The Morgan fingerprint density at radius 3 is 2.60 bits per heavy atom. The first-order chi connectivity index (χ1) is 12.0. The van der Waals surface area contributed by atoms with Gasteiger partial charge in [-0.05, 0) is 38.0 Å². The van der Waals surface area contributed by atoms with Crippen LogP contribution in [0.1, 0.15) is 29.0 Å². The van der Waals surface area contributed by atoms with E-state index in [9.17, 15) is 4.79 Å². The van der Waals surface area contributed by atoms with Gasteiger partial charge in [0.2, 0.25) is 17.6 Å². The molecule has 25 heavy (non-hydrogen) atoms. The lowest BCUT2D eigenvalue weighted by atomic mass is 10.1. The van der Waals surface area contributed by atoms with Crippen molar-refractivity contribution < 1.29 is 9.32 Å². The molecule has 1 N–H and O–H groups in total. The maximum atomic E-state index is 12.2. The average molecular weight is 335 g/mol. The summed E-state index contributed by atoms with van der Waals surface area (Å²) in [5.41, 5.74) is 5.15. The van der Waals surface area contributed by atoms with Crippen LogP contribution in [0, 0.1) is 20.8 Å². The zero-order valence-electron chi connectivity index (χ0n) is 14.7. The van der Waals surface area contributed by atoms with Crippen molar-refractivity contribution in [3.8, 4) is 11.4 Å². The van der Waals surface area contributed by atoms with E-state index in [0.717, 1.165) is 22.4 Å². The highest BCUT2D eigenvalue weighted by Gasteiger charge is 2.11. The zero-order valence-corrected chi connectivity index (χ0v) is 14.7. The minimum Gasteiger partial charge on any atom is -0.339 e. The van der Waals surface area contributed by atoms with Crippen molar-refractivity contribution in [3.63, 3.8) is 0 Å². The van der Waals surface area contributed by atoms with Crippen LogP contribution >= 0.6 is 0 Å². The predicted molar refractivity (Wildman–Crippen MR) is 97.3 cm³/mol. The Hall–Kier alpha value is -2.95. The van der Waals surface area contributed by atoms with Crippen LogP contribution in [0.5, 0.6) is 0 Å². The van der Waals surface area contributed by atoms with Gasteiger partial charge in [0.1, 0.15) is 0 Å². The molecule has 0 bridgehead atoms. The van der Waals surface area contributed by atoms with E-state index in [1.165, 1.54) is 5.56 Å². The Bertz CT molecular complexity index is 882. The molecule has 0 atom stereocenters. The van der Waals surface area contributed by atoms with Crippen molar-refractivity contribution >= 4 is 11.6 Å². The van der Waals surface area contributed by atoms with Gasteiger partial charge in [0.05, 0.1) is 0 Å². The van der Waals surface area contributed by atoms with E-state index in [0.29, 0.717) is 24.6 Å². The summed E-state index contributed by atoms with van der Waals surface area (Å²) in [5, 5.41) is 6.92. The first-order valence-electron chi connectivity index (χ1n) is 8.28. The first kappa shape index (κ1) is 16.9. The maximum absolute atomic E-state index is 12.2. The molecule has 0 aliphatic rings. The number of hydrogen-bond donors (Lipinski definition) is 1. The van der Waals surface area contributed by atoms with Gasteiger partial charge in [-0.3, -0.25) is 4.79 Å². The quantitative estimate of drug-likeness (QED) is 0.757. The molecule has 1 amide bonds. The highest BCUT2D eigenvalue weighted by atomic mass is 16.5. The van der Waals surface area contributed by atoms with E-state index >= 15 is 0 Å². The van der Waals surface area contributed by atoms with E-state index in [1.807, 2.05) is 63.2 Å². The summed E-state index contributed by atoms with van der Waals surface area (Å²) in [6, 6.07) is 13.8. The zero-order chi connectivity index (χ0) is 17.8. The van der Waals surface area contributed by atoms with Gasteiger partial charge in [-0.2, -0.15) is 4.98 Å². The molecule has 0 saturated heterocycles. The van der Waals surface area contributed by atoms with Crippen molar-refractivity contribution in [1.82, 2.24) is 10.1 Å². The van der Waals surface area contributed by atoms with Gasteiger partial charge < -0.3 is 9.84 Å². The minimum atomic E-state index is -0.0659. The van der Waals surface area contributed by atoms with Gasteiger partial charge in [-0.1, -0.05) is 47.1 Å². The molecule has 0 unspecified atom stereocenters. The fourth-order valence-electron chi connectivity index (χ4n) is 2.50. The van der Waals surface area contributed by atoms with Gasteiger partial charge in [0.15, 0.2) is 0 Å². The number of amides is 1. The largest absolute Gasteiger partial charge is 0.339 e. The number of anilines is 1. The SMILES string of the molecule is Cc1ccc(-c2noc(CCC(=O)Nc3cccc(C)c3C)n2)cc1. The molecule has 0 saturated carbocycles. The smallest absolute Gasteiger partial charge is 0.227 e. The third-order valence-corrected chi connectivity index (χ3v) is 4.22. The van der Waals surface area contributed by atoms with Crippen LogP contribution in [0.2, 0.25) is 0 Å². The number of nitrogens with one attached hydrogen (secondary N) is 1. The number of hydrogen-bond acceptors (Lipinski definition) is 4. The van der Waals surface area contributed by atoms with Gasteiger partial charge >= 0.3 is 0 Å². The number of aromatic nitrogens is 2. The minimum absolute atomic E-state index is 0.0659. The number of carbonyl (C=O) groups is 1. The maximum Gasteiger partial charge on any atom is 0.227 e. The summed E-state index contributed by atoms with van der Waals surface area (Å²) in [6.45, 7) is 6.05. The van der Waals surface area contributed by atoms with Crippen molar-refractivity contribution in [2.75, 3.05) is 5.32 Å². The normalized spacial score (nSPS) is 10.7. The Balaban J connectivity index is 1.59. The standard InChI is InChI=1S/C20H21N3O2/c1-13-7-9-16(10-8-13)20-22-19(25-23-20)12-11-18(24)21-17-6-4-5-14(2)15(17)3/h4-10H,11-12H2,1-3H3,(H,21,24). The molecule has 1 aromatic heterocycles. The van der Waals surface area contributed by atoms with Crippen LogP contribution < -0.4 is 5.32 Å². The highest BCUT2D eigenvalue weighted by molar-refractivity contribution is 5.91. The molecule has 0 fully saturated rings. The van der Waals surface area contributed by atoms with E-state index < -0.39 is 0 Å². The Morgan fingerprint density at radius 1 is 1.08 bits per heavy atom. The summed E-state index contributed by atoms with van der Waals surface area (Å²) in [6.07, 6.45) is 0.707. The molecule has 5 nitrogen and oxygen atoms in total. The molecular weight excluding hydrogens is 314 g/mol. The first-order valence-corrected chi connectivity index (χ1v) is 8.28. The lowest BCUT2D eigenvalue weighted by Gasteiger charge is -2.09. The molecule has 128 valence electrons. The monoisotopic (exact) mass is 335 g/mol. The van der Waals surface area contributed by atoms with Gasteiger partial charge in [0.25, 0.3) is 0 Å². The number of benzene rings is 2. The summed E-state index contributed by atoms with van der Waals surface area (Å²) >= 11 is 0. The molecule has 3 rings (SSSR count). The lowest BCUT2D eigenvalue weighted by Crippen LogP contribution is -2.13. The van der Waals surface area contributed by atoms with Crippen LogP contribution in [-0.2, 0) is 11.2 Å². The molecule has 0 aliphatic heterocycles. The fraction of sp³-hybridized carbons (Fsp3) is 0.250. The van der Waals surface area contributed by atoms with Crippen LogP contribution in [0.15, 0.2) is 47.0 Å². The Labute approximate surface area is 147 Å². The van der Waals surface area contributed by atoms with Crippen molar-refractivity contribution in [3.05, 3.63) is 65.0 Å². The van der Waals surface area contributed by atoms with E-state index in [4.69, 9.17) is 4.52 Å². The van der Waals surface area contributed by atoms with Crippen molar-refractivity contribution in [1.29, 1.82) is 0 Å². The van der Waals surface area contributed by atoms with Gasteiger partial charge in [-0.25, -0.2) is 0 Å².